The molecule has 0 saturated heterocycles. The van der Waals surface area contributed by atoms with Crippen LogP contribution in [0.5, 0.6) is 11.5 Å². The van der Waals surface area contributed by atoms with Gasteiger partial charge in [0.1, 0.15) is 11.5 Å². The van der Waals surface area contributed by atoms with Crippen LogP contribution in [0.1, 0.15) is 0 Å². The van der Waals surface area contributed by atoms with Crippen molar-refractivity contribution in [2.45, 2.75) is 0 Å². The van der Waals surface area contributed by atoms with Gasteiger partial charge >= 0.3 is 0 Å². The summed E-state index contributed by atoms with van der Waals surface area (Å²) in [5.41, 5.74) is 1.30. The normalized spacial score (nSPS) is 10.4. The summed E-state index contributed by atoms with van der Waals surface area (Å²) < 4.78 is 5.16. The standard InChI is InChI=1S/C14H11N3O2S/c1-19-9-3-4-12(18)10(7-9)11-8-20-14(17-11)13-15-5-2-6-16-13/h2-8,18H,1H3. The van der Waals surface area contributed by atoms with Gasteiger partial charge in [-0.1, -0.05) is 0 Å². The van der Waals surface area contributed by atoms with Gasteiger partial charge in [0.15, 0.2) is 10.8 Å². The molecule has 0 aliphatic carbocycles. The fraction of sp³-hybridized carbons (Fsp3) is 0.0714. The van der Waals surface area contributed by atoms with E-state index in [2.05, 4.69) is 15.0 Å². The largest absolute Gasteiger partial charge is 0.507 e. The average Bonchev–Trinajstić information content (AvgIpc) is 2.98. The number of nitrogens with zero attached hydrogens (tertiary/aromatic N) is 3. The minimum Gasteiger partial charge on any atom is -0.507 e. The van der Waals surface area contributed by atoms with E-state index < -0.39 is 0 Å². The van der Waals surface area contributed by atoms with E-state index in [-0.39, 0.29) is 5.75 Å². The molecule has 1 aromatic carbocycles. The van der Waals surface area contributed by atoms with Crippen molar-refractivity contribution in [3.05, 3.63) is 42.0 Å². The Morgan fingerprint density at radius 1 is 1.20 bits per heavy atom. The molecule has 3 rings (SSSR count). The van der Waals surface area contributed by atoms with Crippen LogP contribution in [0.25, 0.3) is 22.1 Å². The summed E-state index contributed by atoms with van der Waals surface area (Å²) in [5, 5.41) is 12.5. The number of aromatic hydroxyl groups is 1. The van der Waals surface area contributed by atoms with Crippen LogP contribution in [0.4, 0.5) is 0 Å². The zero-order chi connectivity index (χ0) is 13.9. The smallest absolute Gasteiger partial charge is 0.188 e. The first-order valence-corrected chi connectivity index (χ1v) is 6.76. The van der Waals surface area contributed by atoms with Gasteiger partial charge in [-0.3, -0.25) is 0 Å². The highest BCUT2D eigenvalue weighted by Crippen LogP contribution is 2.34. The quantitative estimate of drug-likeness (QED) is 0.801. The van der Waals surface area contributed by atoms with Gasteiger partial charge in [0.2, 0.25) is 0 Å². The lowest BCUT2D eigenvalue weighted by atomic mass is 10.1. The number of thiazole rings is 1. The lowest BCUT2D eigenvalue weighted by Gasteiger charge is -2.04. The zero-order valence-electron chi connectivity index (χ0n) is 10.6. The van der Waals surface area contributed by atoms with E-state index >= 15 is 0 Å². The predicted molar refractivity (Wildman–Crippen MR) is 76.8 cm³/mol. The third-order valence-corrected chi connectivity index (χ3v) is 3.58. The minimum atomic E-state index is 0.164. The van der Waals surface area contributed by atoms with Crippen molar-refractivity contribution >= 4 is 11.3 Å². The van der Waals surface area contributed by atoms with Crippen molar-refractivity contribution in [3.8, 4) is 33.6 Å². The molecule has 6 heteroatoms. The molecule has 0 fully saturated rings. The molecule has 2 aromatic heterocycles. The molecule has 0 aliphatic rings. The molecule has 0 unspecified atom stereocenters. The van der Waals surface area contributed by atoms with Crippen LogP contribution in [0.3, 0.4) is 0 Å². The Balaban J connectivity index is 2.02. The second-order valence-electron chi connectivity index (χ2n) is 3.99. The van der Waals surface area contributed by atoms with Gasteiger partial charge in [0.25, 0.3) is 0 Å². The summed E-state index contributed by atoms with van der Waals surface area (Å²) >= 11 is 1.43. The average molecular weight is 285 g/mol. The molecule has 5 nitrogen and oxygen atoms in total. The summed E-state index contributed by atoms with van der Waals surface area (Å²) in [7, 11) is 1.58. The molecule has 0 aliphatic heterocycles. The molecule has 0 saturated carbocycles. The van der Waals surface area contributed by atoms with E-state index in [4.69, 9.17) is 4.74 Å². The molecule has 20 heavy (non-hydrogen) atoms. The van der Waals surface area contributed by atoms with Crippen molar-refractivity contribution in [3.63, 3.8) is 0 Å². The van der Waals surface area contributed by atoms with Gasteiger partial charge in [-0.15, -0.1) is 11.3 Å². The lowest BCUT2D eigenvalue weighted by Crippen LogP contribution is -1.87. The zero-order valence-corrected chi connectivity index (χ0v) is 11.5. The molecule has 0 amide bonds. The summed E-state index contributed by atoms with van der Waals surface area (Å²) in [5.74, 6) is 1.41. The molecule has 2 heterocycles. The number of benzene rings is 1. The monoisotopic (exact) mass is 285 g/mol. The maximum atomic E-state index is 9.94. The Bertz CT molecular complexity index is 728. The number of phenols is 1. The molecule has 0 radical (unpaired) electrons. The van der Waals surface area contributed by atoms with Crippen LogP contribution < -0.4 is 4.74 Å². The lowest BCUT2D eigenvalue weighted by molar-refractivity contribution is 0.412. The molecule has 0 bridgehead atoms. The first kappa shape index (κ1) is 12.6. The van der Waals surface area contributed by atoms with Crippen LogP contribution in [0, 0.1) is 0 Å². The van der Waals surface area contributed by atoms with Gasteiger partial charge in [0, 0.05) is 23.3 Å². The van der Waals surface area contributed by atoms with Crippen molar-refractivity contribution in [1.82, 2.24) is 15.0 Å². The third-order valence-electron chi connectivity index (χ3n) is 2.74. The molecule has 1 N–H and O–H groups in total. The second kappa shape index (κ2) is 5.26. The third kappa shape index (κ3) is 2.33. The van der Waals surface area contributed by atoms with Gasteiger partial charge in [-0.05, 0) is 24.3 Å². The van der Waals surface area contributed by atoms with E-state index in [1.165, 1.54) is 11.3 Å². The van der Waals surface area contributed by atoms with Gasteiger partial charge in [-0.25, -0.2) is 15.0 Å². The maximum Gasteiger partial charge on any atom is 0.188 e. The Morgan fingerprint density at radius 3 is 2.75 bits per heavy atom. The summed E-state index contributed by atoms with van der Waals surface area (Å²) in [6, 6.07) is 6.80. The number of rotatable bonds is 3. The number of aromatic nitrogens is 3. The number of phenolic OH excluding ortho intramolecular Hbond substituents is 1. The van der Waals surface area contributed by atoms with E-state index in [1.807, 2.05) is 5.38 Å². The SMILES string of the molecule is COc1ccc(O)c(-c2csc(-c3ncccn3)n2)c1. The molecular formula is C14H11N3O2S. The summed E-state index contributed by atoms with van der Waals surface area (Å²) in [6.45, 7) is 0. The summed E-state index contributed by atoms with van der Waals surface area (Å²) in [6.07, 6.45) is 3.35. The van der Waals surface area contributed by atoms with E-state index in [1.54, 1.807) is 43.8 Å². The minimum absolute atomic E-state index is 0.164. The molecule has 3 aromatic rings. The van der Waals surface area contributed by atoms with Crippen LogP contribution in [-0.2, 0) is 0 Å². The van der Waals surface area contributed by atoms with E-state index in [0.29, 0.717) is 27.8 Å². The Morgan fingerprint density at radius 2 is 2.00 bits per heavy atom. The number of ether oxygens (including phenoxy) is 1. The Kier molecular flexibility index (Phi) is 3.30. The van der Waals surface area contributed by atoms with Gasteiger partial charge < -0.3 is 9.84 Å². The van der Waals surface area contributed by atoms with Crippen LogP contribution in [0.15, 0.2) is 42.0 Å². The second-order valence-corrected chi connectivity index (χ2v) is 4.85. The van der Waals surface area contributed by atoms with Gasteiger partial charge in [0.05, 0.1) is 12.8 Å². The van der Waals surface area contributed by atoms with Crippen molar-refractivity contribution < 1.29 is 9.84 Å². The fourth-order valence-corrected chi connectivity index (χ4v) is 2.52. The highest BCUT2D eigenvalue weighted by Gasteiger charge is 2.12. The van der Waals surface area contributed by atoms with Crippen molar-refractivity contribution in [2.24, 2.45) is 0 Å². The fourth-order valence-electron chi connectivity index (χ4n) is 1.76. The molecule has 100 valence electrons. The van der Waals surface area contributed by atoms with Crippen molar-refractivity contribution in [1.29, 1.82) is 0 Å². The number of hydrogen-bond acceptors (Lipinski definition) is 6. The van der Waals surface area contributed by atoms with Crippen LogP contribution >= 0.6 is 11.3 Å². The first-order valence-electron chi connectivity index (χ1n) is 5.88. The van der Waals surface area contributed by atoms with Gasteiger partial charge in [-0.2, -0.15) is 0 Å². The van der Waals surface area contributed by atoms with E-state index in [9.17, 15) is 5.11 Å². The summed E-state index contributed by atoms with van der Waals surface area (Å²) in [4.78, 5) is 12.8. The molecular weight excluding hydrogens is 274 g/mol. The van der Waals surface area contributed by atoms with Crippen molar-refractivity contribution in [2.75, 3.05) is 7.11 Å². The number of hydrogen-bond donors (Lipinski definition) is 1. The Labute approximate surface area is 119 Å². The van der Waals surface area contributed by atoms with Crippen LogP contribution in [0.2, 0.25) is 0 Å². The first-order chi connectivity index (χ1) is 9.78. The Hall–Kier alpha value is -2.47. The topological polar surface area (TPSA) is 68.1 Å². The predicted octanol–water partition coefficient (Wildman–Crippen LogP) is 2.98. The number of methoxy groups -OCH3 is 1. The van der Waals surface area contributed by atoms with Crippen LogP contribution in [-0.4, -0.2) is 27.2 Å². The molecule has 0 atom stereocenters. The maximum absolute atomic E-state index is 9.94. The van der Waals surface area contributed by atoms with E-state index in [0.717, 1.165) is 0 Å². The highest BCUT2D eigenvalue weighted by molar-refractivity contribution is 7.13. The molecule has 0 spiro atoms. The highest BCUT2D eigenvalue weighted by atomic mass is 32.1.